The minimum atomic E-state index is 0.748. The minimum Gasteiger partial charge on any atom is -0.0881 e. The molecular formula is C9H9ClS. The first kappa shape index (κ1) is 8.69. The third-order valence-electron chi connectivity index (χ3n) is 1.62. The van der Waals surface area contributed by atoms with Crippen molar-refractivity contribution >= 4 is 29.2 Å². The van der Waals surface area contributed by atoms with Gasteiger partial charge in [0.1, 0.15) is 0 Å². The van der Waals surface area contributed by atoms with Gasteiger partial charge in [-0.1, -0.05) is 36.8 Å². The standard InChI is InChI=1S/C9H9ClS/c1-2-7-3-4-9(10)5-8(7)6-11/h3-6H,2H2,1H3. The van der Waals surface area contributed by atoms with Crippen LogP contribution in [-0.4, -0.2) is 5.37 Å². The van der Waals surface area contributed by atoms with Crippen LogP contribution >= 0.6 is 23.8 Å². The summed E-state index contributed by atoms with van der Waals surface area (Å²) in [5.41, 5.74) is 2.32. The van der Waals surface area contributed by atoms with Gasteiger partial charge in [-0.25, -0.2) is 0 Å². The fourth-order valence-corrected chi connectivity index (χ4v) is 1.40. The van der Waals surface area contributed by atoms with E-state index in [-0.39, 0.29) is 0 Å². The van der Waals surface area contributed by atoms with Crippen LogP contribution in [0.15, 0.2) is 18.2 Å². The Morgan fingerprint density at radius 1 is 1.55 bits per heavy atom. The molecule has 0 aliphatic heterocycles. The molecular weight excluding hydrogens is 176 g/mol. The Labute approximate surface area is 77.2 Å². The predicted molar refractivity (Wildman–Crippen MR) is 53.6 cm³/mol. The second kappa shape index (κ2) is 3.84. The molecule has 0 heterocycles. The fourth-order valence-electron chi connectivity index (χ4n) is 0.997. The van der Waals surface area contributed by atoms with Crippen molar-refractivity contribution in [3.05, 3.63) is 34.3 Å². The normalized spacial score (nSPS) is 9.64. The highest BCUT2D eigenvalue weighted by molar-refractivity contribution is 7.79. The molecule has 0 aliphatic carbocycles. The van der Waals surface area contributed by atoms with Crippen molar-refractivity contribution < 1.29 is 0 Å². The summed E-state index contributed by atoms with van der Waals surface area (Å²) < 4.78 is 0. The van der Waals surface area contributed by atoms with Gasteiger partial charge in [-0.15, -0.1) is 0 Å². The van der Waals surface area contributed by atoms with Crippen LogP contribution in [0.4, 0.5) is 0 Å². The number of rotatable bonds is 2. The molecule has 0 N–H and O–H groups in total. The van der Waals surface area contributed by atoms with Crippen LogP contribution in [0.5, 0.6) is 0 Å². The van der Waals surface area contributed by atoms with Crippen molar-refractivity contribution in [1.82, 2.24) is 0 Å². The molecule has 0 saturated heterocycles. The molecule has 0 unspecified atom stereocenters. The quantitative estimate of drug-likeness (QED) is 0.636. The predicted octanol–water partition coefficient (Wildman–Crippen LogP) is 3.25. The summed E-state index contributed by atoms with van der Waals surface area (Å²) in [5, 5.41) is 2.42. The molecule has 1 rings (SSSR count). The van der Waals surface area contributed by atoms with Gasteiger partial charge in [0.2, 0.25) is 0 Å². The fraction of sp³-hybridized carbons (Fsp3) is 0.222. The van der Waals surface area contributed by atoms with E-state index in [2.05, 4.69) is 6.92 Å². The molecule has 0 atom stereocenters. The lowest BCUT2D eigenvalue weighted by Crippen LogP contribution is -1.88. The summed E-state index contributed by atoms with van der Waals surface area (Å²) in [7, 11) is 0. The number of halogens is 1. The number of thiocarbonyl (C=S) groups is 1. The lowest BCUT2D eigenvalue weighted by Gasteiger charge is -2.01. The Bertz CT molecular complexity index is 268. The van der Waals surface area contributed by atoms with E-state index in [4.69, 9.17) is 23.8 Å². The average molecular weight is 185 g/mol. The largest absolute Gasteiger partial charge is 0.0881 e. The smallest absolute Gasteiger partial charge is 0.0412 e. The molecule has 0 amide bonds. The molecule has 0 saturated carbocycles. The van der Waals surface area contributed by atoms with Gasteiger partial charge < -0.3 is 0 Å². The summed E-state index contributed by atoms with van der Waals surface area (Å²) >= 11 is 10.6. The molecule has 0 aliphatic rings. The van der Waals surface area contributed by atoms with E-state index in [1.807, 2.05) is 18.2 Å². The van der Waals surface area contributed by atoms with E-state index in [1.165, 1.54) is 5.56 Å². The Hall–Kier alpha value is -0.400. The van der Waals surface area contributed by atoms with Crippen molar-refractivity contribution in [1.29, 1.82) is 0 Å². The zero-order valence-corrected chi connectivity index (χ0v) is 7.88. The van der Waals surface area contributed by atoms with Crippen LogP contribution in [0, 0.1) is 0 Å². The zero-order chi connectivity index (χ0) is 8.27. The van der Waals surface area contributed by atoms with Gasteiger partial charge in [0.25, 0.3) is 0 Å². The van der Waals surface area contributed by atoms with Crippen LogP contribution in [-0.2, 0) is 6.42 Å². The van der Waals surface area contributed by atoms with Crippen molar-refractivity contribution in [3.63, 3.8) is 0 Å². The summed E-state index contributed by atoms with van der Waals surface area (Å²) in [6.45, 7) is 2.10. The van der Waals surface area contributed by atoms with Gasteiger partial charge in [0, 0.05) is 10.4 Å². The Kier molecular flexibility index (Phi) is 3.03. The van der Waals surface area contributed by atoms with Crippen molar-refractivity contribution in [2.24, 2.45) is 0 Å². The van der Waals surface area contributed by atoms with Crippen LogP contribution in [0.1, 0.15) is 18.1 Å². The first-order chi connectivity index (χ1) is 5.27. The molecule has 1 aromatic rings. The minimum absolute atomic E-state index is 0.748. The highest BCUT2D eigenvalue weighted by Crippen LogP contribution is 2.14. The van der Waals surface area contributed by atoms with Gasteiger partial charge in [-0.2, -0.15) is 0 Å². The first-order valence-corrected chi connectivity index (χ1v) is 4.36. The molecule has 2 heteroatoms. The summed E-state index contributed by atoms with van der Waals surface area (Å²) in [4.78, 5) is 0. The van der Waals surface area contributed by atoms with Gasteiger partial charge in [0.05, 0.1) is 0 Å². The van der Waals surface area contributed by atoms with Crippen molar-refractivity contribution in [2.45, 2.75) is 13.3 Å². The lowest BCUT2D eigenvalue weighted by molar-refractivity contribution is 1.14. The number of hydrogen-bond donors (Lipinski definition) is 0. The maximum atomic E-state index is 5.79. The van der Waals surface area contributed by atoms with Crippen LogP contribution < -0.4 is 0 Å². The van der Waals surface area contributed by atoms with E-state index in [0.717, 1.165) is 17.0 Å². The van der Waals surface area contributed by atoms with Gasteiger partial charge in [-0.05, 0) is 29.7 Å². The summed E-state index contributed by atoms with van der Waals surface area (Å²) in [5.74, 6) is 0. The Morgan fingerprint density at radius 3 is 2.82 bits per heavy atom. The van der Waals surface area contributed by atoms with Gasteiger partial charge in [0.15, 0.2) is 0 Å². The van der Waals surface area contributed by atoms with E-state index in [9.17, 15) is 0 Å². The molecule has 0 nitrogen and oxygen atoms in total. The second-order valence-corrected chi connectivity index (χ2v) is 2.99. The highest BCUT2D eigenvalue weighted by Gasteiger charge is 1.97. The van der Waals surface area contributed by atoms with Crippen LogP contribution in [0.25, 0.3) is 0 Å². The molecule has 0 fully saturated rings. The first-order valence-electron chi connectivity index (χ1n) is 3.51. The zero-order valence-electron chi connectivity index (χ0n) is 6.30. The maximum Gasteiger partial charge on any atom is 0.0412 e. The monoisotopic (exact) mass is 184 g/mol. The van der Waals surface area contributed by atoms with E-state index in [1.54, 1.807) is 5.37 Å². The second-order valence-electron chi connectivity index (χ2n) is 2.31. The molecule has 0 aromatic heterocycles. The molecule has 0 bridgehead atoms. The Morgan fingerprint density at radius 2 is 2.27 bits per heavy atom. The molecule has 0 spiro atoms. The summed E-state index contributed by atoms with van der Waals surface area (Å²) in [6.07, 6.45) is 1.000. The highest BCUT2D eigenvalue weighted by atomic mass is 35.5. The van der Waals surface area contributed by atoms with Gasteiger partial charge >= 0.3 is 0 Å². The third-order valence-corrected chi connectivity index (χ3v) is 2.10. The lowest BCUT2D eigenvalue weighted by atomic mass is 10.1. The Balaban J connectivity index is 3.16. The average Bonchev–Trinajstić information content (AvgIpc) is 2.04. The topological polar surface area (TPSA) is 0 Å². The molecule has 1 aromatic carbocycles. The maximum absolute atomic E-state index is 5.79. The molecule has 11 heavy (non-hydrogen) atoms. The van der Waals surface area contributed by atoms with Crippen molar-refractivity contribution in [3.8, 4) is 0 Å². The van der Waals surface area contributed by atoms with Crippen LogP contribution in [0.2, 0.25) is 5.02 Å². The SMILES string of the molecule is CCc1ccc(Cl)cc1C=S. The number of benzene rings is 1. The van der Waals surface area contributed by atoms with E-state index < -0.39 is 0 Å². The molecule has 0 radical (unpaired) electrons. The molecule has 58 valence electrons. The summed E-state index contributed by atoms with van der Waals surface area (Å²) in [6, 6.07) is 5.80. The van der Waals surface area contributed by atoms with E-state index >= 15 is 0 Å². The third kappa shape index (κ3) is 2.01. The van der Waals surface area contributed by atoms with Crippen LogP contribution in [0.3, 0.4) is 0 Å². The number of hydrogen-bond acceptors (Lipinski definition) is 1. The number of aryl methyl sites for hydroxylation is 1. The van der Waals surface area contributed by atoms with Gasteiger partial charge in [-0.3, -0.25) is 0 Å². The van der Waals surface area contributed by atoms with E-state index in [0.29, 0.717) is 0 Å². The van der Waals surface area contributed by atoms with Crippen molar-refractivity contribution in [2.75, 3.05) is 0 Å².